The van der Waals surface area contributed by atoms with Gasteiger partial charge in [0.25, 0.3) is 5.91 Å². The van der Waals surface area contributed by atoms with Crippen molar-refractivity contribution in [1.29, 1.82) is 0 Å². The van der Waals surface area contributed by atoms with Crippen molar-refractivity contribution in [2.75, 3.05) is 24.6 Å². The number of ether oxygens (including phenoxy) is 2. The van der Waals surface area contributed by atoms with Crippen molar-refractivity contribution >= 4 is 29.4 Å². The molecule has 0 aromatic heterocycles. The van der Waals surface area contributed by atoms with E-state index in [0.29, 0.717) is 37.8 Å². The largest absolute Gasteiger partial charge is 0.460 e. The van der Waals surface area contributed by atoms with Gasteiger partial charge in [-0.25, -0.2) is 0 Å². The van der Waals surface area contributed by atoms with E-state index in [1.54, 1.807) is 24.0 Å². The van der Waals surface area contributed by atoms with Crippen molar-refractivity contribution in [1.82, 2.24) is 10.2 Å². The second kappa shape index (κ2) is 13.4. The molecular weight excluding hydrogens is 550 g/mol. The van der Waals surface area contributed by atoms with E-state index in [0.717, 1.165) is 11.1 Å². The highest BCUT2D eigenvalue weighted by atomic mass is 16.6. The quantitative estimate of drug-likeness (QED) is 0.250. The number of carbonyl (C=O) groups excluding carboxylic acids is 4. The number of aryl methyl sites for hydroxylation is 2. The third-order valence-corrected chi connectivity index (χ3v) is 9.03. The van der Waals surface area contributed by atoms with Crippen LogP contribution in [0.1, 0.15) is 57.1 Å². The minimum Gasteiger partial charge on any atom is -0.460 e. The molecule has 7 atom stereocenters. The topological polar surface area (TPSA) is 125 Å². The Morgan fingerprint density at radius 3 is 2.67 bits per heavy atom. The van der Waals surface area contributed by atoms with Crippen LogP contribution in [0, 0.1) is 25.7 Å². The molecule has 0 unspecified atom stereocenters. The van der Waals surface area contributed by atoms with E-state index in [4.69, 9.17) is 9.47 Å². The molecule has 43 heavy (non-hydrogen) atoms. The van der Waals surface area contributed by atoms with Crippen molar-refractivity contribution in [2.45, 2.75) is 89.7 Å². The average molecular weight is 596 g/mol. The molecule has 3 fully saturated rings. The van der Waals surface area contributed by atoms with E-state index < -0.39 is 47.7 Å². The van der Waals surface area contributed by atoms with Gasteiger partial charge in [-0.2, -0.15) is 0 Å². The Morgan fingerprint density at radius 2 is 2.02 bits per heavy atom. The summed E-state index contributed by atoms with van der Waals surface area (Å²) in [5.74, 6) is -3.29. The number of amides is 3. The van der Waals surface area contributed by atoms with Crippen LogP contribution >= 0.6 is 0 Å². The van der Waals surface area contributed by atoms with Crippen LogP contribution in [0.3, 0.4) is 0 Å². The van der Waals surface area contributed by atoms with Gasteiger partial charge in [0.15, 0.2) is 0 Å². The van der Waals surface area contributed by atoms with Crippen LogP contribution in [-0.2, 0) is 28.7 Å². The molecule has 1 aromatic rings. The lowest BCUT2D eigenvalue weighted by molar-refractivity contribution is -0.159. The number of hydrogen-bond donors (Lipinski definition) is 2. The number of likely N-dealkylation sites (tertiary alicyclic amines) is 1. The number of rotatable bonds is 14. The number of carbonyl (C=O) groups is 4. The fourth-order valence-electron chi connectivity index (χ4n) is 6.94. The maximum Gasteiger partial charge on any atom is 0.312 e. The van der Waals surface area contributed by atoms with Crippen LogP contribution in [0.25, 0.3) is 0 Å². The van der Waals surface area contributed by atoms with Gasteiger partial charge in [0.05, 0.1) is 37.1 Å². The third kappa shape index (κ3) is 5.99. The highest BCUT2D eigenvalue weighted by molar-refractivity contribution is 6.05. The van der Waals surface area contributed by atoms with Crippen molar-refractivity contribution in [3.05, 3.63) is 54.6 Å². The van der Waals surface area contributed by atoms with E-state index >= 15 is 0 Å². The number of aliphatic hydroxyl groups excluding tert-OH is 1. The lowest BCUT2D eigenvalue weighted by Gasteiger charge is -2.39. The van der Waals surface area contributed by atoms with Gasteiger partial charge in [-0.05, 0) is 63.6 Å². The van der Waals surface area contributed by atoms with Crippen LogP contribution in [0.15, 0.2) is 43.5 Å². The van der Waals surface area contributed by atoms with E-state index in [-0.39, 0.29) is 37.4 Å². The standard InChI is InChI=1S/C33H45N3O7/c1-7-10-11-26(38)34-18-22(6)42-32(41)27-25-14-15-33(43-25)28(27)30(39)36(23(9-3)19-37)29(33)31(40)35(16-8-2)24-17-20(4)12-13-21(24)5/h7-8,12-13,17,22-23,25,27-29,37H,1-2,9-11,14-16,18-19H2,3-6H3,(H,34,38)/t22-,23+,25-,27+,28+,29-,33+/m1/s1. The SMILES string of the molecule is C=CCCC(=O)NC[C@@H](C)OC(=O)[C@@H]1[C@H]2C(=O)N([C@@H](CC)CO)[C@H](C(=O)N(CC=C)c3cc(C)ccc3C)[C@]23CC[C@H]1O3. The van der Waals surface area contributed by atoms with Crippen molar-refractivity contribution in [3.63, 3.8) is 0 Å². The Labute approximate surface area is 254 Å². The Kier molecular flexibility index (Phi) is 10.1. The number of nitrogens with zero attached hydrogens (tertiary/aromatic N) is 2. The summed E-state index contributed by atoms with van der Waals surface area (Å²) in [6.45, 7) is 14.9. The molecule has 0 radical (unpaired) electrons. The van der Waals surface area contributed by atoms with Gasteiger partial charge >= 0.3 is 5.97 Å². The molecule has 2 N–H and O–H groups in total. The molecule has 10 nitrogen and oxygen atoms in total. The first-order chi connectivity index (χ1) is 20.5. The molecule has 3 saturated heterocycles. The average Bonchev–Trinajstić information content (AvgIpc) is 3.63. The van der Waals surface area contributed by atoms with Gasteiger partial charge in [0, 0.05) is 18.7 Å². The molecule has 2 bridgehead atoms. The zero-order valence-corrected chi connectivity index (χ0v) is 25.7. The molecule has 10 heteroatoms. The molecule has 1 aromatic carbocycles. The van der Waals surface area contributed by atoms with Gasteiger partial charge in [-0.1, -0.05) is 31.2 Å². The van der Waals surface area contributed by atoms with Crippen LogP contribution in [0.5, 0.6) is 0 Å². The Morgan fingerprint density at radius 1 is 1.28 bits per heavy atom. The second-order valence-electron chi connectivity index (χ2n) is 12.0. The first-order valence-corrected chi connectivity index (χ1v) is 15.2. The van der Waals surface area contributed by atoms with E-state index in [1.165, 1.54) is 4.90 Å². The molecule has 0 saturated carbocycles. The van der Waals surface area contributed by atoms with Crippen molar-refractivity contribution in [3.8, 4) is 0 Å². The molecule has 234 valence electrons. The number of nitrogens with one attached hydrogen (secondary N) is 1. The summed E-state index contributed by atoms with van der Waals surface area (Å²) in [7, 11) is 0. The first kappa shape index (κ1) is 32.4. The Hall–Kier alpha value is -3.50. The fraction of sp³-hybridized carbons (Fsp3) is 0.576. The third-order valence-electron chi connectivity index (χ3n) is 9.03. The lowest BCUT2D eigenvalue weighted by Crippen LogP contribution is -2.59. The molecule has 1 spiro atoms. The number of allylic oxidation sites excluding steroid dienone is 1. The number of benzene rings is 1. The normalized spacial score (nSPS) is 26.9. The van der Waals surface area contributed by atoms with Gasteiger partial charge in [0.2, 0.25) is 11.8 Å². The molecule has 4 rings (SSSR count). The monoisotopic (exact) mass is 595 g/mol. The number of fused-ring (bicyclic) bond motifs is 1. The van der Waals surface area contributed by atoms with Crippen LogP contribution in [0.2, 0.25) is 0 Å². The number of esters is 1. The molecule has 3 heterocycles. The summed E-state index contributed by atoms with van der Waals surface area (Å²) in [6.07, 6.45) is 4.28. The van der Waals surface area contributed by atoms with E-state index in [1.807, 2.05) is 39.0 Å². The minimum atomic E-state index is -1.23. The first-order valence-electron chi connectivity index (χ1n) is 15.2. The highest BCUT2D eigenvalue weighted by Crippen LogP contribution is 2.59. The number of hydrogen-bond acceptors (Lipinski definition) is 7. The van der Waals surface area contributed by atoms with Gasteiger partial charge < -0.3 is 29.7 Å². The number of aliphatic hydroxyl groups is 1. The predicted octanol–water partition coefficient (Wildman–Crippen LogP) is 2.98. The molecular formula is C33H45N3O7. The molecule has 3 aliphatic rings. The maximum absolute atomic E-state index is 14.7. The summed E-state index contributed by atoms with van der Waals surface area (Å²) >= 11 is 0. The smallest absolute Gasteiger partial charge is 0.312 e. The number of anilines is 1. The van der Waals surface area contributed by atoms with Crippen LogP contribution in [-0.4, -0.2) is 83.3 Å². The van der Waals surface area contributed by atoms with Crippen LogP contribution in [0.4, 0.5) is 5.69 Å². The second-order valence-corrected chi connectivity index (χ2v) is 12.0. The molecule has 3 amide bonds. The van der Waals surface area contributed by atoms with Gasteiger partial charge in [-0.3, -0.25) is 19.2 Å². The summed E-state index contributed by atoms with van der Waals surface area (Å²) in [5.41, 5.74) is 1.35. The van der Waals surface area contributed by atoms with Crippen molar-refractivity contribution in [2.24, 2.45) is 11.8 Å². The van der Waals surface area contributed by atoms with Crippen molar-refractivity contribution < 1.29 is 33.8 Å². The summed E-state index contributed by atoms with van der Waals surface area (Å²) in [5, 5.41) is 13.1. The molecule has 0 aliphatic carbocycles. The zero-order chi connectivity index (χ0) is 31.5. The van der Waals surface area contributed by atoms with Crippen LogP contribution < -0.4 is 10.2 Å². The van der Waals surface area contributed by atoms with E-state index in [2.05, 4.69) is 18.5 Å². The zero-order valence-electron chi connectivity index (χ0n) is 25.7. The summed E-state index contributed by atoms with van der Waals surface area (Å²) in [4.78, 5) is 57.7. The fourth-order valence-corrected chi connectivity index (χ4v) is 6.94. The van der Waals surface area contributed by atoms with Gasteiger partial charge in [0.1, 0.15) is 17.7 Å². The highest BCUT2D eigenvalue weighted by Gasteiger charge is 2.75. The summed E-state index contributed by atoms with van der Waals surface area (Å²) in [6, 6.07) is 4.18. The van der Waals surface area contributed by atoms with Gasteiger partial charge in [-0.15, -0.1) is 13.2 Å². The maximum atomic E-state index is 14.7. The summed E-state index contributed by atoms with van der Waals surface area (Å²) < 4.78 is 12.3. The lowest BCUT2D eigenvalue weighted by atomic mass is 9.70. The Balaban J connectivity index is 1.66. The Bertz CT molecular complexity index is 1260. The van der Waals surface area contributed by atoms with E-state index in [9.17, 15) is 24.3 Å². The minimum absolute atomic E-state index is 0.131. The predicted molar refractivity (Wildman–Crippen MR) is 162 cm³/mol. The molecule has 3 aliphatic heterocycles.